The number of nitrogens with one attached hydrogen (secondary N) is 1. The molecule has 1 atom stereocenters. The second-order valence-corrected chi connectivity index (χ2v) is 11.7. The molecule has 1 amide bonds. The lowest BCUT2D eigenvalue weighted by Gasteiger charge is -2.37. The molecule has 45 heavy (non-hydrogen) atoms. The number of carbonyl (C=O) groups excluding carboxylic acids is 1. The van der Waals surface area contributed by atoms with Crippen molar-refractivity contribution in [1.82, 2.24) is 19.8 Å². The molecular weight excluding hydrogens is 632 g/mol. The summed E-state index contributed by atoms with van der Waals surface area (Å²) in [6.07, 6.45) is 4.66. The van der Waals surface area contributed by atoms with Gasteiger partial charge in [0, 0.05) is 31.6 Å². The summed E-state index contributed by atoms with van der Waals surface area (Å²) in [5, 5.41) is 22.8. The molecule has 0 spiro atoms. The third-order valence-electron chi connectivity index (χ3n) is 7.96. The molecule has 2 aromatic heterocycles. The van der Waals surface area contributed by atoms with Crippen LogP contribution in [0.5, 0.6) is 5.75 Å². The summed E-state index contributed by atoms with van der Waals surface area (Å²) in [6.45, 7) is 10.1. The molecular formula is C31H27Cl2F3N6O3. The first-order chi connectivity index (χ1) is 21.3. The van der Waals surface area contributed by atoms with Crippen LogP contribution in [0.1, 0.15) is 26.3 Å². The van der Waals surface area contributed by atoms with Gasteiger partial charge in [0.1, 0.15) is 22.3 Å². The van der Waals surface area contributed by atoms with Gasteiger partial charge in [-0.1, -0.05) is 43.6 Å². The number of phenolic OH excluding ortho intramolecular Hbond substituents is 1. The molecule has 0 radical (unpaired) electrons. The Bertz CT molecular complexity index is 1910. The van der Waals surface area contributed by atoms with Crippen molar-refractivity contribution in [3.8, 4) is 23.1 Å². The largest absolute Gasteiger partial charge is 0.504 e. The van der Waals surface area contributed by atoms with E-state index in [0.29, 0.717) is 11.3 Å². The highest BCUT2D eigenvalue weighted by Crippen LogP contribution is 2.44. The number of phenols is 1. The predicted molar refractivity (Wildman–Crippen MR) is 166 cm³/mol. The van der Waals surface area contributed by atoms with E-state index in [1.807, 2.05) is 19.9 Å². The van der Waals surface area contributed by atoms with E-state index < -0.39 is 51.1 Å². The lowest BCUT2D eigenvalue weighted by molar-refractivity contribution is -0.126. The minimum atomic E-state index is -1.81. The zero-order chi connectivity index (χ0) is 32.9. The van der Waals surface area contributed by atoms with Crippen LogP contribution in [-0.4, -0.2) is 57.7 Å². The summed E-state index contributed by atoms with van der Waals surface area (Å²) in [7, 11) is 0. The summed E-state index contributed by atoms with van der Waals surface area (Å²) < 4.78 is 45.4. The number of anilines is 1. The molecule has 234 valence electrons. The Labute approximate surface area is 266 Å². The van der Waals surface area contributed by atoms with E-state index in [9.17, 15) is 28.7 Å². The van der Waals surface area contributed by atoms with E-state index in [1.54, 1.807) is 29.0 Å². The molecule has 2 aliphatic rings. The number of piperazine rings is 1. The first kappa shape index (κ1) is 31.9. The first-order valence-electron chi connectivity index (χ1n) is 13.9. The standard InChI is InChI=1S/C31H27Cl2F3N6O3/c1-5-19(43)40-8-10-41(11-9-40)28-16-12-18(32)26(20-22(34)21(33)23(35)24(36)29(20)44)39-30(16)42(31(45)17(28)13-37)27-15(4)6-7-38-25(27)14(2)3/h5-7,12,14,25,38,44H,1,8-11H2,2-4H3/t25-/m1/s1. The van der Waals surface area contributed by atoms with E-state index >= 15 is 4.39 Å². The van der Waals surface area contributed by atoms with Crippen molar-refractivity contribution in [3.05, 3.63) is 80.0 Å². The fourth-order valence-electron chi connectivity index (χ4n) is 5.72. The molecule has 2 N–H and O–H groups in total. The van der Waals surface area contributed by atoms with Crippen LogP contribution in [-0.2, 0) is 4.79 Å². The molecule has 0 unspecified atom stereocenters. The van der Waals surface area contributed by atoms with Gasteiger partial charge >= 0.3 is 0 Å². The third-order valence-corrected chi connectivity index (χ3v) is 8.58. The quantitative estimate of drug-likeness (QED) is 0.209. The highest BCUT2D eigenvalue weighted by Gasteiger charge is 2.33. The molecule has 5 rings (SSSR count). The lowest BCUT2D eigenvalue weighted by atomic mass is 9.94. The number of halogens is 5. The maximum Gasteiger partial charge on any atom is 0.276 e. The molecule has 1 aromatic carbocycles. The van der Waals surface area contributed by atoms with Gasteiger partial charge in [-0.15, -0.1) is 0 Å². The van der Waals surface area contributed by atoms with E-state index in [1.165, 1.54) is 16.7 Å². The Morgan fingerprint density at radius 2 is 1.87 bits per heavy atom. The van der Waals surface area contributed by atoms with Crippen LogP contribution in [0.2, 0.25) is 10.0 Å². The SMILES string of the molecule is C=CC(=O)N1CCN(c2c(C#N)c(=O)n(C3=C(C)C=CN[C@@H]3C(C)C)c3nc(-c4c(O)c(F)c(F)c(Cl)c4F)c(Cl)cc23)CC1. The highest BCUT2D eigenvalue weighted by atomic mass is 35.5. The maximum atomic E-state index is 15.4. The Morgan fingerprint density at radius 1 is 1.20 bits per heavy atom. The number of aromatic nitrogens is 2. The fourth-order valence-corrected chi connectivity index (χ4v) is 6.14. The predicted octanol–water partition coefficient (Wildman–Crippen LogP) is 5.57. The van der Waals surface area contributed by atoms with E-state index in [4.69, 9.17) is 23.2 Å². The second-order valence-electron chi connectivity index (χ2n) is 11.0. The minimum Gasteiger partial charge on any atom is -0.504 e. The molecule has 0 saturated carbocycles. The molecule has 0 bridgehead atoms. The van der Waals surface area contributed by atoms with Gasteiger partial charge in [0.25, 0.3) is 5.56 Å². The molecule has 2 aliphatic heterocycles. The number of allylic oxidation sites excluding steroid dienone is 2. The van der Waals surface area contributed by atoms with Crippen LogP contribution in [0.25, 0.3) is 28.0 Å². The molecule has 3 aromatic rings. The number of fused-ring (bicyclic) bond motifs is 1. The zero-order valence-corrected chi connectivity index (χ0v) is 25.9. The van der Waals surface area contributed by atoms with E-state index in [0.717, 1.165) is 0 Å². The number of benzene rings is 1. The zero-order valence-electron chi connectivity index (χ0n) is 24.4. The Balaban J connectivity index is 1.90. The van der Waals surface area contributed by atoms with Crippen molar-refractivity contribution in [2.45, 2.75) is 26.8 Å². The van der Waals surface area contributed by atoms with Crippen molar-refractivity contribution >= 4 is 51.5 Å². The van der Waals surface area contributed by atoms with Crippen molar-refractivity contribution in [2.75, 3.05) is 31.1 Å². The van der Waals surface area contributed by atoms with Crippen LogP contribution in [0.4, 0.5) is 18.9 Å². The smallest absolute Gasteiger partial charge is 0.276 e. The summed E-state index contributed by atoms with van der Waals surface area (Å²) in [4.78, 5) is 34.4. The number of carbonyl (C=O) groups is 1. The number of pyridine rings is 2. The normalized spacial score (nSPS) is 16.8. The van der Waals surface area contributed by atoms with Gasteiger partial charge in [-0.2, -0.15) is 9.65 Å². The Morgan fingerprint density at radius 3 is 2.47 bits per heavy atom. The Hall–Kier alpha value is -4.47. The monoisotopic (exact) mass is 658 g/mol. The summed E-state index contributed by atoms with van der Waals surface area (Å²) >= 11 is 12.3. The van der Waals surface area contributed by atoms with Crippen LogP contribution in [0, 0.1) is 34.7 Å². The summed E-state index contributed by atoms with van der Waals surface area (Å²) in [5.41, 5.74) is -1.17. The van der Waals surface area contributed by atoms with Gasteiger partial charge in [-0.05, 0) is 42.8 Å². The van der Waals surface area contributed by atoms with Crippen LogP contribution in [0.15, 0.2) is 41.4 Å². The van der Waals surface area contributed by atoms with Gasteiger partial charge in [0.2, 0.25) is 11.7 Å². The fraction of sp³-hybridized carbons (Fsp3) is 0.290. The number of amides is 1. The van der Waals surface area contributed by atoms with E-state index in [-0.39, 0.29) is 65.3 Å². The van der Waals surface area contributed by atoms with Crippen LogP contribution in [0.3, 0.4) is 0 Å². The number of hydrogen-bond donors (Lipinski definition) is 2. The van der Waals surface area contributed by atoms with Gasteiger partial charge in [-0.3, -0.25) is 14.2 Å². The topological polar surface area (TPSA) is 114 Å². The van der Waals surface area contributed by atoms with Crippen LogP contribution >= 0.6 is 23.2 Å². The van der Waals surface area contributed by atoms with Crippen molar-refractivity contribution in [1.29, 1.82) is 5.26 Å². The van der Waals surface area contributed by atoms with Gasteiger partial charge in [0.05, 0.1) is 33.7 Å². The Kier molecular flexibility index (Phi) is 8.62. The number of rotatable bonds is 5. The summed E-state index contributed by atoms with van der Waals surface area (Å²) in [5.74, 6) is -6.85. The van der Waals surface area contributed by atoms with Crippen molar-refractivity contribution in [2.24, 2.45) is 5.92 Å². The highest BCUT2D eigenvalue weighted by molar-refractivity contribution is 6.34. The van der Waals surface area contributed by atoms with Crippen molar-refractivity contribution in [3.63, 3.8) is 0 Å². The van der Waals surface area contributed by atoms with Gasteiger partial charge < -0.3 is 20.2 Å². The number of nitrogens with zero attached hydrogens (tertiary/aromatic N) is 5. The lowest BCUT2D eigenvalue weighted by Crippen LogP contribution is -2.49. The summed E-state index contributed by atoms with van der Waals surface area (Å²) in [6, 6.07) is 2.92. The van der Waals surface area contributed by atoms with Crippen LogP contribution < -0.4 is 15.8 Å². The second kappa shape index (κ2) is 12.1. The van der Waals surface area contributed by atoms with Crippen molar-refractivity contribution < 1.29 is 23.1 Å². The maximum absolute atomic E-state index is 15.4. The molecule has 4 heterocycles. The number of nitriles is 1. The number of hydrogen-bond acceptors (Lipinski definition) is 7. The molecule has 1 saturated heterocycles. The van der Waals surface area contributed by atoms with Gasteiger partial charge in [-0.25, -0.2) is 13.8 Å². The number of dihydropyridines is 1. The molecule has 0 aliphatic carbocycles. The third kappa shape index (κ3) is 5.19. The molecule has 14 heteroatoms. The minimum absolute atomic E-state index is 0.0687. The number of aromatic hydroxyl groups is 1. The first-order valence-corrected chi connectivity index (χ1v) is 14.6. The van der Waals surface area contributed by atoms with Gasteiger partial charge in [0.15, 0.2) is 17.4 Å². The average Bonchev–Trinajstić information content (AvgIpc) is 3.02. The molecule has 9 nitrogen and oxygen atoms in total. The van der Waals surface area contributed by atoms with E-state index in [2.05, 4.69) is 16.9 Å². The molecule has 1 fully saturated rings. The average molecular weight is 659 g/mol.